The van der Waals surface area contributed by atoms with Gasteiger partial charge in [-0.25, -0.2) is 0 Å². The number of ether oxygens (including phenoxy) is 2. The number of nitrogens with zero attached hydrogens (tertiary/aromatic N) is 1. The molecule has 3 rings (SSSR count). The van der Waals surface area contributed by atoms with E-state index >= 15 is 0 Å². The van der Waals surface area contributed by atoms with Crippen LogP contribution in [0.2, 0.25) is 0 Å². The van der Waals surface area contributed by atoms with E-state index in [9.17, 15) is 5.11 Å². The number of benzene rings is 1. The number of morpholine rings is 1. The Kier molecular flexibility index (Phi) is 4.55. The Labute approximate surface area is 120 Å². The maximum Gasteiger partial charge on any atom is 0.122 e. The number of aryl methyl sites for hydroxylation is 1. The van der Waals surface area contributed by atoms with E-state index in [1.807, 2.05) is 12.1 Å². The predicted octanol–water partition coefficient (Wildman–Crippen LogP) is 1.25. The van der Waals surface area contributed by atoms with Crippen molar-refractivity contribution in [1.29, 1.82) is 0 Å². The summed E-state index contributed by atoms with van der Waals surface area (Å²) in [5.74, 6) is 0.959. The smallest absolute Gasteiger partial charge is 0.122 e. The minimum absolute atomic E-state index is 0.369. The first-order chi connectivity index (χ1) is 9.83. The molecule has 1 heterocycles. The fraction of sp³-hybridized carbons (Fsp3) is 0.625. The van der Waals surface area contributed by atoms with Crippen LogP contribution < -0.4 is 4.74 Å². The molecule has 4 heteroatoms. The highest BCUT2D eigenvalue weighted by Crippen LogP contribution is 2.30. The van der Waals surface area contributed by atoms with Crippen LogP contribution in [0.25, 0.3) is 0 Å². The molecule has 0 spiro atoms. The molecule has 0 aromatic heterocycles. The summed E-state index contributed by atoms with van der Waals surface area (Å²) in [7, 11) is 0. The number of β-amino-alcohol motifs (C(OH)–C–C–N with tert-alkyl or cyclic N) is 1. The normalized spacial score (nSPS) is 20.6. The van der Waals surface area contributed by atoms with Gasteiger partial charge in [0.15, 0.2) is 0 Å². The minimum Gasteiger partial charge on any atom is -0.491 e. The molecule has 20 heavy (non-hydrogen) atoms. The third-order valence-electron chi connectivity index (χ3n) is 4.11. The van der Waals surface area contributed by atoms with Crippen molar-refractivity contribution < 1.29 is 14.6 Å². The largest absolute Gasteiger partial charge is 0.491 e. The fourth-order valence-corrected chi connectivity index (χ4v) is 3.04. The van der Waals surface area contributed by atoms with Gasteiger partial charge in [-0.05, 0) is 36.5 Å². The summed E-state index contributed by atoms with van der Waals surface area (Å²) >= 11 is 0. The lowest BCUT2D eigenvalue weighted by atomic mass is 10.1. The van der Waals surface area contributed by atoms with Crippen molar-refractivity contribution in [3.05, 3.63) is 29.3 Å². The first-order valence-corrected chi connectivity index (χ1v) is 7.54. The fourth-order valence-electron chi connectivity index (χ4n) is 3.04. The summed E-state index contributed by atoms with van der Waals surface area (Å²) in [5.41, 5.74) is 2.75. The molecule has 1 aromatic carbocycles. The van der Waals surface area contributed by atoms with E-state index in [2.05, 4.69) is 11.0 Å². The molecule has 2 aliphatic rings. The van der Waals surface area contributed by atoms with Gasteiger partial charge >= 0.3 is 0 Å². The Morgan fingerprint density at radius 1 is 1.25 bits per heavy atom. The van der Waals surface area contributed by atoms with Gasteiger partial charge in [-0.15, -0.1) is 0 Å². The number of fused-ring (bicyclic) bond motifs is 1. The van der Waals surface area contributed by atoms with Crippen molar-refractivity contribution in [3.63, 3.8) is 0 Å². The molecular formula is C16H23NO3. The molecule has 1 saturated heterocycles. The quantitative estimate of drug-likeness (QED) is 0.879. The van der Waals surface area contributed by atoms with Crippen molar-refractivity contribution in [3.8, 4) is 5.75 Å². The average molecular weight is 277 g/mol. The summed E-state index contributed by atoms with van der Waals surface area (Å²) in [5, 5.41) is 10.1. The molecule has 0 amide bonds. The lowest BCUT2D eigenvalue weighted by Gasteiger charge is -2.28. The number of hydrogen-bond donors (Lipinski definition) is 1. The molecule has 1 aliphatic carbocycles. The minimum atomic E-state index is -0.439. The third kappa shape index (κ3) is 3.32. The van der Waals surface area contributed by atoms with Gasteiger partial charge in [0.25, 0.3) is 0 Å². The molecule has 1 aliphatic heterocycles. The second-order valence-electron chi connectivity index (χ2n) is 5.63. The Morgan fingerprint density at radius 2 is 2.10 bits per heavy atom. The standard InChI is InChI=1S/C16H23NO3/c18-14(11-17-7-9-19-10-8-17)12-20-16-6-2-4-13-3-1-5-15(13)16/h2,4,6,14,18H,1,3,5,7-12H2/t14-/m0/s1. The van der Waals surface area contributed by atoms with E-state index in [0.29, 0.717) is 13.2 Å². The summed E-state index contributed by atoms with van der Waals surface area (Å²) in [6, 6.07) is 6.25. The molecule has 0 unspecified atom stereocenters. The zero-order valence-corrected chi connectivity index (χ0v) is 11.9. The second kappa shape index (κ2) is 6.57. The molecule has 4 nitrogen and oxygen atoms in total. The van der Waals surface area contributed by atoms with Crippen molar-refractivity contribution in [2.24, 2.45) is 0 Å². The van der Waals surface area contributed by atoms with E-state index in [1.54, 1.807) is 0 Å². The molecule has 0 radical (unpaired) electrons. The maximum atomic E-state index is 10.1. The summed E-state index contributed by atoms with van der Waals surface area (Å²) in [6.45, 7) is 4.36. The van der Waals surface area contributed by atoms with E-state index in [1.165, 1.54) is 17.5 Å². The van der Waals surface area contributed by atoms with Crippen LogP contribution in [0.1, 0.15) is 17.5 Å². The SMILES string of the molecule is O[C@H](COc1cccc2c1CCC2)CN1CCOCC1. The summed E-state index contributed by atoms with van der Waals surface area (Å²) in [4.78, 5) is 2.23. The second-order valence-corrected chi connectivity index (χ2v) is 5.63. The Bertz CT molecular complexity index is 443. The van der Waals surface area contributed by atoms with E-state index in [4.69, 9.17) is 9.47 Å². The van der Waals surface area contributed by atoms with Crippen LogP contribution in [0, 0.1) is 0 Å². The molecule has 0 saturated carbocycles. The molecular weight excluding hydrogens is 254 g/mol. The molecule has 110 valence electrons. The van der Waals surface area contributed by atoms with Crippen LogP contribution in [0.3, 0.4) is 0 Å². The van der Waals surface area contributed by atoms with Gasteiger partial charge in [0, 0.05) is 19.6 Å². The third-order valence-corrected chi connectivity index (χ3v) is 4.11. The van der Waals surface area contributed by atoms with Gasteiger partial charge in [0.05, 0.1) is 13.2 Å². The van der Waals surface area contributed by atoms with E-state index in [0.717, 1.165) is 44.9 Å². The van der Waals surface area contributed by atoms with E-state index in [-0.39, 0.29) is 0 Å². The first kappa shape index (κ1) is 13.9. The molecule has 1 aromatic rings. The van der Waals surface area contributed by atoms with Crippen LogP contribution in [-0.4, -0.2) is 55.6 Å². The van der Waals surface area contributed by atoms with Gasteiger partial charge < -0.3 is 14.6 Å². The highest BCUT2D eigenvalue weighted by atomic mass is 16.5. The number of aliphatic hydroxyl groups excluding tert-OH is 1. The van der Waals surface area contributed by atoms with Crippen LogP contribution >= 0.6 is 0 Å². The lowest BCUT2D eigenvalue weighted by Crippen LogP contribution is -2.42. The predicted molar refractivity (Wildman–Crippen MR) is 77.2 cm³/mol. The van der Waals surface area contributed by atoms with Crippen LogP contribution in [0.4, 0.5) is 0 Å². The van der Waals surface area contributed by atoms with E-state index < -0.39 is 6.10 Å². The Balaban J connectivity index is 1.50. The highest BCUT2D eigenvalue weighted by Gasteiger charge is 2.18. The monoisotopic (exact) mass is 277 g/mol. The van der Waals surface area contributed by atoms with Crippen molar-refractivity contribution in [1.82, 2.24) is 4.90 Å². The molecule has 1 atom stereocenters. The van der Waals surface area contributed by atoms with Gasteiger partial charge in [-0.1, -0.05) is 12.1 Å². The van der Waals surface area contributed by atoms with Crippen molar-refractivity contribution in [2.45, 2.75) is 25.4 Å². The van der Waals surface area contributed by atoms with Gasteiger partial charge in [-0.3, -0.25) is 4.90 Å². The number of rotatable bonds is 5. The van der Waals surface area contributed by atoms with Crippen molar-refractivity contribution >= 4 is 0 Å². The zero-order valence-electron chi connectivity index (χ0n) is 11.9. The topological polar surface area (TPSA) is 41.9 Å². The maximum absolute atomic E-state index is 10.1. The summed E-state index contributed by atoms with van der Waals surface area (Å²) < 4.78 is 11.2. The number of aliphatic hydroxyl groups is 1. The van der Waals surface area contributed by atoms with Crippen molar-refractivity contribution in [2.75, 3.05) is 39.5 Å². The highest BCUT2D eigenvalue weighted by molar-refractivity contribution is 5.43. The van der Waals surface area contributed by atoms with Gasteiger partial charge in [-0.2, -0.15) is 0 Å². The van der Waals surface area contributed by atoms with Crippen LogP contribution in [0.5, 0.6) is 5.75 Å². The van der Waals surface area contributed by atoms with Crippen LogP contribution in [-0.2, 0) is 17.6 Å². The molecule has 1 N–H and O–H groups in total. The molecule has 0 bridgehead atoms. The summed E-state index contributed by atoms with van der Waals surface area (Å²) in [6.07, 6.45) is 3.03. The average Bonchev–Trinajstić information content (AvgIpc) is 2.95. The van der Waals surface area contributed by atoms with Gasteiger partial charge in [0.2, 0.25) is 0 Å². The lowest BCUT2D eigenvalue weighted by molar-refractivity contribution is 0.00458. The molecule has 1 fully saturated rings. The van der Waals surface area contributed by atoms with Crippen LogP contribution in [0.15, 0.2) is 18.2 Å². The first-order valence-electron chi connectivity index (χ1n) is 7.54. The zero-order chi connectivity index (χ0) is 13.8. The Morgan fingerprint density at radius 3 is 2.95 bits per heavy atom. The van der Waals surface area contributed by atoms with Gasteiger partial charge in [0.1, 0.15) is 18.5 Å². The number of hydrogen-bond acceptors (Lipinski definition) is 4. The Hall–Kier alpha value is -1.10.